The first-order valence-corrected chi connectivity index (χ1v) is 5.21. The third-order valence-electron chi connectivity index (χ3n) is 2.24. The number of likely N-dealkylation sites (N-methyl/N-ethyl adjacent to an activating group) is 1. The van der Waals surface area contributed by atoms with E-state index in [4.69, 9.17) is 16.7 Å². The van der Waals surface area contributed by atoms with E-state index in [-0.39, 0.29) is 6.61 Å². The second kappa shape index (κ2) is 5.73. The highest BCUT2D eigenvalue weighted by Crippen LogP contribution is 2.25. The molecule has 0 aliphatic heterocycles. The Hall–Kier alpha value is -1.06. The monoisotopic (exact) mass is 227 g/mol. The molecule has 0 aromatic heterocycles. The van der Waals surface area contributed by atoms with Crippen molar-refractivity contribution >= 4 is 23.6 Å². The average molecular weight is 228 g/mol. The van der Waals surface area contributed by atoms with Gasteiger partial charge in [0.1, 0.15) is 0 Å². The zero-order chi connectivity index (χ0) is 11.3. The van der Waals surface area contributed by atoms with Crippen molar-refractivity contribution in [3.63, 3.8) is 0 Å². The number of hydrogen-bond acceptors (Lipinski definition) is 3. The van der Waals surface area contributed by atoms with Crippen LogP contribution in [0.15, 0.2) is 18.2 Å². The molecule has 0 unspecified atom stereocenters. The molecule has 0 heterocycles. The number of carbonyl (C=O) groups excluding carboxylic acids is 1. The molecule has 0 aliphatic rings. The molecule has 0 saturated carbocycles. The van der Waals surface area contributed by atoms with Crippen molar-refractivity contribution in [3.8, 4) is 0 Å². The maximum atomic E-state index is 10.9. The zero-order valence-corrected chi connectivity index (χ0v) is 9.37. The highest BCUT2D eigenvalue weighted by Gasteiger charge is 2.11. The average Bonchev–Trinajstić information content (AvgIpc) is 2.25. The SMILES string of the molecule is CCN(CCO)c1cccc(Cl)c1C=O. The van der Waals surface area contributed by atoms with Crippen LogP contribution in [0.4, 0.5) is 5.69 Å². The third-order valence-corrected chi connectivity index (χ3v) is 2.57. The van der Waals surface area contributed by atoms with Crippen LogP contribution in [-0.2, 0) is 0 Å². The fraction of sp³-hybridized carbons (Fsp3) is 0.364. The Morgan fingerprint density at radius 2 is 2.27 bits per heavy atom. The number of halogens is 1. The minimum Gasteiger partial charge on any atom is -0.395 e. The molecule has 1 aromatic carbocycles. The molecule has 15 heavy (non-hydrogen) atoms. The van der Waals surface area contributed by atoms with Crippen molar-refractivity contribution in [2.45, 2.75) is 6.92 Å². The van der Waals surface area contributed by atoms with Gasteiger partial charge in [-0.2, -0.15) is 0 Å². The van der Waals surface area contributed by atoms with Crippen molar-refractivity contribution in [3.05, 3.63) is 28.8 Å². The lowest BCUT2D eigenvalue weighted by Gasteiger charge is -2.23. The van der Waals surface area contributed by atoms with Gasteiger partial charge >= 0.3 is 0 Å². The molecule has 0 spiro atoms. The summed E-state index contributed by atoms with van der Waals surface area (Å²) in [5.41, 5.74) is 1.25. The van der Waals surface area contributed by atoms with E-state index in [0.717, 1.165) is 18.5 Å². The van der Waals surface area contributed by atoms with Crippen molar-refractivity contribution in [2.75, 3.05) is 24.6 Å². The molecular formula is C11H14ClNO2. The third kappa shape index (κ3) is 2.70. The zero-order valence-electron chi connectivity index (χ0n) is 8.61. The number of aliphatic hydroxyl groups is 1. The molecule has 82 valence electrons. The Labute approximate surface area is 94.3 Å². The summed E-state index contributed by atoms with van der Waals surface area (Å²) >= 11 is 5.91. The van der Waals surface area contributed by atoms with Crippen LogP contribution in [0.2, 0.25) is 5.02 Å². The predicted octanol–water partition coefficient (Wildman–Crippen LogP) is 1.97. The van der Waals surface area contributed by atoms with Crippen LogP contribution in [0.25, 0.3) is 0 Å². The number of anilines is 1. The molecule has 1 rings (SSSR count). The van der Waals surface area contributed by atoms with Crippen LogP contribution in [0.3, 0.4) is 0 Å². The van der Waals surface area contributed by atoms with Gasteiger partial charge in [0.05, 0.1) is 17.2 Å². The van der Waals surface area contributed by atoms with Gasteiger partial charge in [0.15, 0.2) is 6.29 Å². The minimum absolute atomic E-state index is 0.0542. The first kappa shape index (κ1) is 12.0. The number of aliphatic hydroxyl groups excluding tert-OH is 1. The van der Waals surface area contributed by atoms with E-state index in [2.05, 4.69) is 0 Å². The summed E-state index contributed by atoms with van der Waals surface area (Å²) in [5.74, 6) is 0. The Morgan fingerprint density at radius 3 is 2.80 bits per heavy atom. The van der Waals surface area contributed by atoms with E-state index in [1.54, 1.807) is 12.1 Å². The Kier molecular flexibility index (Phi) is 4.59. The Bertz CT molecular complexity index is 341. The highest BCUT2D eigenvalue weighted by molar-refractivity contribution is 6.33. The molecule has 3 nitrogen and oxygen atoms in total. The van der Waals surface area contributed by atoms with Gasteiger partial charge in [0.2, 0.25) is 0 Å². The number of carbonyl (C=O) groups is 1. The van der Waals surface area contributed by atoms with Gasteiger partial charge in [-0.25, -0.2) is 0 Å². The molecule has 0 atom stereocenters. The van der Waals surface area contributed by atoms with Crippen molar-refractivity contribution in [2.24, 2.45) is 0 Å². The number of nitrogens with zero attached hydrogens (tertiary/aromatic N) is 1. The first-order valence-electron chi connectivity index (χ1n) is 4.84. The first-order chi connectivity index (χ1) is 7.24. The molecule has 0 aliphatic carbocycles. The normalized spacial score (nSPS) is 10.1. The second-order valence-corrected chi connectivity index (χ2v) is 3.50. The lowest BCUT2D eigenvalue weighted by molar-refractivity contribution is 0.112. The lowest BCUT2D eigenvalue weighted by Crippen LogP contribution is -2.27. The Morgan fingerprint density at radius 1 is 1.53 bits per heavy atom. The van der Waals surface area contributed by atoms with Crippen LogP contribution >= 0.6 is 11.6 Å². The minimum atomic E-state index is 0.0542. The smallest absolute Gasteiger partial charge is 0.153 e. The molecule has 1 aromatic rings. The maximum Gasteiger partial charge on any atom is 0.153 e. The van der Waals surface area contributed by atoms with Crippen LogP contribution in [0, 0.1) is 0 Å². The largest absolute Gasteiger partial charge is 0.395 e. The topological polar surface area (TPSA) is 40.5 Å². The molecule has 4 heteroatoms. The van der Waals surface area contributed by atoms with Crippen LogP contribution < -0.4 is 4.90 Å². The maximum absolute atomic E-state index is 10.9. The van der Waals surface area contributed by atoms with E-state index in [0.29, 0.717) is 17.1 Å². The van der Waals surface area contributed by atoms with E-state index in [9.17, 15) is 4.79 Å². The summed E-state index contributed by atoms with van der Waals surface area (Å²) in [7, 11) is 0. The predicted molar refractivity (Wildman–Crippen MR) is 61.8 cm³/mol. The van der Waals surface area contributed by atoms with Crippen LogP contribution in [0.1, 0.15) is 17.3 Å². The fourth-order valence-electron chi connectivity index (χ4n) is 1.49. The van der Waals surface area contributed by atoms with E-state index >= 15 is 0 Å². The summed E-state index contributed by atoms with van der Waals surface area (Å²) in [4.78, 5) is 12.8. The van der Waals surface area contributed by atoms with Crippen molar-refractivity contribution < 1.29 is 9.90 Å². The van der Waals surface area contributed by atoms with Gasteiger partial charge in [-0.15, -0.1) is 0 Å². The molecule has 0 radical (unpaired) electrons. The van der Waals surface area contributed by atoms with Crippen molar-refractivity contribution in [1.29, 1.82) is 0 Å². The van der Waals surface area contributed by atoms with Crippen molar-refractivity contribution in [1.82, 2.24) is 0 Å². The van der Waals surface area contributed by atoms with Gasteiger partial charge in [0.25, 0.3) is 0 Å². The van der Waals surface area contributed by atoms with E-state index < -0.39 is 0 Å². The van der Waals surface area contributed by atoms with Gasteiger partial charge in [-0.1, -0.05) is 17.7 Å². The van der Waals surface area contributed by atoms with Gasteiger partial charge in [-0.05, 0) is 19.1 Å². The molecular weight excluding hydrogens is 214 g/mol. The second-order valence-electron chi connectivity index (χ2n) is 3.09. The van der Waals surface area contributed by atoms with Gasteiger partial charge in [-0.3, -0.25) is 4.79 Å². The van der Waals surface area contributed by atoms with E-state index in [1.165, 1.54) is 0 Å². The Balaban J connectivity index is 3.10. The van der Waals surface area contributed by atoms with E-state index in [1.807, 2.05) is 17.9 Å². The fourth-order valence-corrected chi connectivity index (χ4v) is 1.70. The summed E-state index contributed by atoms with van der Waals surface area (Å²) in [6.07, 6.45) is 0.748. The summed E-state index contributed by atoms with van der Waals surface area (Å²) < 4.78 is 0. The molecule has 1 N–H and O–H groups in total. The standard InChI is InChI=1S/C11H14ClNO2/c1-2-13(6-7-14)11-5-3-4-10(12)9(11)8-15/h3-5,8,14H,2,6-7H2,1H3. The molecule has 0 saturated heterocycles. The summed E-state index contributed by atoms with van der Waals surface area (Å²) in [6, 6.07) is 5.31. The molecule has 0 bridgehead atoms. The highest BCUT2D eigenvalue weighted by atomic mass is 35.5. The number of rotatable bonds is 5. The number of benzene rings is 1. The van der Waals surface area contributed by atoms with Crippen LogP contribution in [0.5, 0.6) is 0 Å². The quantitative estimate of drug-likeness (QED) is 0.782. The van der Waals surface area contributed by atoms with Gasteiger partial charge < -0.3 is 10.0 Å². The number of hydrogen-bond donors (Lipinski definition) is 1. The summed E-state index contributed by atoms with van der Waals surface area (Å²) in [5, 5.41) is 9.34. The molecule has 0 amide bonds. The molecule has 0 fully saturated rings. The van der Waals surface area contributed by atoms with Gasteiger partial charge in [0, 0.05) is 18.8 Å². The summed E-state index contributed by atoms with van der Waals surface area (Å²) in [6.45, 7) is 3.24. The van der Waals surface area contributed by atoms with Crippen LogP contribution in [-0.4, -0.2) is 31.1 Å². The lowest BCUT2D eigenvalue weighted by atomic mass is 10.1. The number of aldehydes is 1.